The van der Waals surface area contributed by atoms with Crippen LogP contribution < -0.4 is 10.6 Å². The van der Waals surface area contributed by atoms with Crippen molar-refractivity contribution in [3.05, 3.63) is 63.8 Å². The second-order valence-electron chi connectivity index (χ2n) is 12.2. The van der Waals surface area contributed by atoms with Crippen LogP contribution >= 0.6 is 0 Å². The lowest BCUT2D eigenvalue weighted by atomic mass is 9.70. The van der Waals surface area contributed by atoms with E-state index in [-0.39, 0.29) is 11.2 Å². The van der Waals surface area contributed by atoms with Gasteiger partial charge in [0.15, 0.2) is 5.78 Å². The molecule has 3 heterocycles. The van der Waals surface area contributed by atoms with Crippen LogP contribution in [0.1, 0.15) is 85.8 Å². The molecule has 2 fully saturated rings. The molecule has 2 aromatic carbocycles. The number of aromatic nitrogens is 1. The highest BCUT2D eigenvalue weighted by molar-refractivity contribution is 6.20. The summed E-state index contributed by atoms with van der Waals surface area (Å²) in [6.45, 7) is 15.7. The number of aromatic amines is 1. The monoisotopic (exact) mass is 514 g/mol. The van der Waals surface area contributed by atoms with Crippen LogP contribution in [0.2, 0.25) is 0 Å². The van der Waals surface area contributed by atoms with Gasteiger partial charge in [-0.3, -0.25) is 9.69 Å². The average Bonchev–Trinajstić information content (AvgIpc) is 3.31. The molecule has 3 aromatic rings. The molecule has 0 saturated carbocycles. The number of anilines is 1. The molecule has 0 radical (unpaired) electrons. The number of benzene rings is 2. The van der Waals surface area contributed by atoms with Crippen LogP contribution in [0.4, 0.5) is 5.69 Å². The number of hydrogen-bond donors (Lipinski definition) is 2. The molecule has 2 aliphatic heterocycles. The summed E-state index contributed by atoms with van der Waals surface area (Å²) >= 11 is 0. The standard InChI is InChI=1S/C32H42N4O2/c1-6-22-14-25-26(15-28(22)35-11-9-23(10-12-35)36-17-19(2)38-20(3)18-36)32(4,5)31-29(30(25)37)24-8-7-21(16-33)13-27(24)34-31/h7-8,13-15,19-20,23,34H,6,9-12,16-18,33H2,1-5H3/t19-,20+. The fourth-order valence-electron chi connectivity index (χ4n) is 7.25. The van der Waals surface area contributed by atoms with Gasteiger partial charge < -0.3 is 20.4 Å². The Kier molecular flexibility index (Phi) is 6.41. The van der Waals surface area contributed by atoms with E-state index < -0.39 is 0 Å². The Morgan fingerprint density at radius 1 is 1.08 bits per heavy atom. The number of piperidine rings is 1. The Morgan fingerprint density at radius 3 is 2.45 bits per heavy atom. The highest BCUT2D eigenvalue weighted by Crippen LogP contribution is 2.46. The number of nitrogens with one attached hydrogen (secondary N) is 1. The van der Waals surface area contributed by atoms with Gasteiger partial charge in [-0.15, -0.1) is 0 Å². The molecular formula is C32H42N4O2. The number of H-pyrrole nitrogens is 1. The Hall–Kier alpha value is -2.67. The third-order valence-corrected chi connectivity index (χ3v) is 9.24. The van der Waals surface area contributed by atoms with E-state index in [4.69, 9.17) is 10.5 Å². The summed E-state index contributed by atoms with van der Waals surface area (Å²) in [6, 6.07) is 11.3. The number of fused-ring (bicyclic) bond motifs is 4. The van der Waals surface area contributed by atoms with Crippen LogP contribution in [-0.2, 0) is 23.1 Å². The van der Waals surface area contributed by atoms with Gasteiger partial charge in [-0.2, -0.15) is 0 Å². The van der Waals surface area contributed by atoms with Gasteiger partial charge in [0.25, 0.3) is 0 Å². The molecule has 1 aliphatic carbocycles. The Balaban J connectivity index is 1.33. The van der Waals surface area contributed by atoms with Gasteiger partial charge in [-0.25, -0.2) is 0 Å². The van der Waals surface area contributed by atoms with Crippen molar-refractivity contribution in [2.75, 3.05) is 31.1 Å². The summed E-state index contributed by atoms with van der Waals surface area (Å²) in [4.78, 5) is 22.8. The molecule has 38 heavy (non-hydrogen) atoms. The first-order valence-electron chi connectivity index (χ1n) is 14.4. The molecule has 3 aliphatic rings. The zero-order valence-electron chi connectivity index (χ0n) is 23.6. The summed E-state index contributed by atoms with van der Waals surface area (Å²) in [6.07, 6.45) is 3.85. The van der Waals surface area contributed by atoms with Gasteiger partial charge in [-0.05, 0) is 68.0 Å². The third kappa shape index (κ3) is 4.09. The molecule has 2 atom stereocenters. The van der Waals surface area contributed by atoms with E-state index in [1.807, 2.05) is 6.07 Å². The SMILES string of the molecule is CCc1cc2c(cc1N1CCC(N3C[C@@H](C)O[C@@H](C)C3)CC1)C(C)(C)c1[nH]c3cc(CN)ccc3c1C2=O. The van der Waals surface area contributed by atoms with E-state index >= 15 is 0 Å². The maximum atomic E-state index is 14.0. The highest BCUT2D eigenvalue weighted by Gasteiger charge is 2.41. The molecular weight excluding hydrogens is 472 g/mol. The minimum Gasteiger partial charge on any atom is -0.373 e. The van der Waals surface area contributed by atoms with Crippen LogP contribution in [0.3, 0.4) is 0 Å². The Bertz CT molecular complexity index is 1370. The van der Waals surface area contributed by atoms with E-state index in [1.54, 1.807) is 0 Å². The smallest absolute Gasteiger partial charge is 0.195 e. The van der Waals surface area contributed by atoms with Crippen LogP contribution in [0.5, 0.6) is 0 Å². The largest absolute Gasteiger partial charge is 0.373 e. The predicted octanol–water partition coefficient (Wildman–Crippen LogP) is 5.14. The van der Waals surface area contributed by atoms with Gasteiger partial charge >= 0.3 is 0 Å². The second-order valence-corrected chi connectivity index (χ2v) is 12.2. The fourth-order valence-corrected chi connectivity index (χ4v) is 7.25. The molecule has 0 unspecified atom stereocenters. The number of ketones is 1. The van der Waals surface area contributed by atoms with Crippen LogP contribution in [0.15, 0.2) is 30.3 Å². The predicted molar refractivity (Wildman–Crippen MR) is 154 cm³/mol. The number of carbonyl (C=O) groups is 1. The normalized spacial score (nSPS) is 24.1. The number of carbonyl (C=O) groups excluding carboxylic acids is 1. The summed E-state index contributed by atoms with van der Waals surface area (Å²) in [5, 5.41) is 0.997. The van der Waals surface area contributed by atoms with Crippen molar-refractivity contribution >= 4 is 22.4 Å². The maximum absolute atomic E-state index is 14.0. The number of nitrogens with two attached hydrogens (primary N) is 1. The van der Waals surface area contributed by atoms with Crippen LogP contribution in [0.25, 0.3) is 10.9 Å². The van der Waals surface area contributed by atoms with E-state index in [2.05, 4.69) is 73.7 Å². The molecule has 6 rings (SSSR count). The molecule has 0 bridgehead atoms. The molecule has 6 nitrogen and oxygen atoms in total. The van der Waals surface area contributed by atoms with Gasteiger partial charge in [-0.1, -0.05) is 32.9 Å². The van der Waals surface area contributed by atoms with E-state index in [0.29, 0.717) is 24.8 Å². The van der Waals surface area contributed by atoms with Crippen molar-refractivity contribution in [2.24, 2.45) is 5.73 Å². The second kappa shape index (κ2) is 9.51. The minimum absolute atomic E-state index is 0.136. The summed E-state index contributed by atoms with van der Waals surface area (Å²) in [5.41, 5.74) is 14.1. The quantitative estimate of drug-likeness (QED) is 0.505. The number of hydrogen-bond acceptors (Lipinski definition) is 5. The number of nitrogens with zero attached hydrogens (tertiary/aromatic N) is 2. The highest BCUT2D eigenvalue weighted by atomic mass is 16.5. The number of morpholine rings is 1. The molecule has 0 spiro atoms. The number of rotatable bonds is 4. The fraction of sp³-hybridized carbons (Fsp3) is 0.531. The number of aryl methyl sites for hydroxylation is 1. The van der Waals surface area contributed by atoms with Crippen molar-refractivity contribution in [1.29, 1.82) is 0 Å². The Morgan fingerprint density at radius 2 is 1.79 bits per heavy atom. The summed E-state index contributed by atoms with van der Waals surface area (Å²) in [5.74, 6) is 0.136. The third-order valence-electron chi connectivity index (χ3n) is 9.24. The average molecular weight is 515 g/mol. The first-order valence-corrected chi connectivity index (χ1v) is 14.4. The first-order chi connectivity index (χ1) is 18.2. The van der Waals surface area contributed by atoms with Crippen molar-refractivity contribution in [2.45, 2.75) is 84.1 Å². The molecule has 2 saturated heterocycles. The topological polar surface area (TPSA) is 74.6 Å². The zero-order chi connectivity index (χ0) is 26.8. The van der Waals surface area contributed by atoms with Crippen molar-refractivity contribution in [3.63, 3.8) is 0 Å². The van der Waals surface area contributed by atoms with Crippen LogP contribution in [0, 0.1) is 0 Å². The lowest BCUT2D eigenvalue weighted by Crippen LogP contribution is -2.53. The van der Waals surface area contributed by atoms with E-state index in [0.717, 1.165) is 84.3 Å². The maximum Gasteiger partial charge on any atom is 0.195 e. The van der Waals surface area contributed by atoms with Crippen LogP contribution in [-0.4, -0.2) is 60.1 Å². The van der Waals surface area contributed by atoms with E-state index in [1.165, 1.54) is 11.3 Å². The van der Waals surface area contributed by atoms with Gasteiger partial charge in [0.2, 0.25) is 0 Å². The van der Waals surface area contributed by atoms with Crippen molar-refractivity contribution in [1.82, 2.24) is 9.88 Å². The minimum atomic E-state index is -0.306. The van der Waals surface area contributed by atoms with Gasteiger partial charge in [0.1, 0.15) is 0 Å². The molecule has 6 heteroatoms. The first kappa shape index (κ1) is 25.6. The van der Waals surface area contributed by atoms with Crippen molar-refractivity contribution in [3.8, 4) is 0 Å². The van der Waals surface area contributed by atoms with Gasteiger partial charge in [0, 0.05) is 72.0 Å². The molecule has 0 amide bonds. The molecule has 202 valence electrons. The van der Waals surface area contributed by atoms with Gasteiger partial charge in [0.05, 0.1) is 17.8 Å². The lowest BCUT2D eigenvalue weighted by Gasteiger charge is -2.44. The Labute approximate surface area is 226 Å². The molecule has 3 N–H and O–H groups in total. The summed E-state index contributed by atoms with van der Waals surface area (Å²) in [7, 11) is 0. The molecule has 1 aromatic heterocycles. The van der Waals surface area contributed by atoms with Crippen molar-refractivity contribution < 1.29 is 9.53 Å². The number of ether oxygens (including phenoxy) is 1. The summed E-state index contributed by atoms with van der Waals surface area (Å²) < 4.78 is 5.98. The zero-order valence-corrected chi connectivity index (χ0v) is 23.6. The van der Waals surface area contributed by atoms with E-state index in [9.17, 15) is 4.79 Å². The lowest BCUT2D eigenvalue weighted by molar-refractivity contribution is -0.0826.